The molecule has 0 bridgehead atoms. The molecule has 1 saturated heterocycles. The van der Waals surface area contributed by atoms with Gasteiger partial charge in [0.05, 0.1) is 0 Å². The molecule has 0 aliphatic carbocycles. The van der Waals surface area contributed by atoms with E-state index < -0.39 is 0 Å². The van der Waals surface area contributed by atoms with Crippen LogP contribution in [0.25, 0.3) is 5.88 Å². The predicted octanol–water partition coefficient (Wildman–Crippen LogP) is 3.24. The zero-order valence-corrected chi connectivity index (χ0v) is 15.5. The second-order valence-corrected chi connectivity index (χ2v) is 6.86. The maximum atomic E-state index is 12.8. The van der Waals surface area contributed by atoms with Gasteiger partial charge in [0.2, 0.25) is 5.88 Å². The molecule has 1 aliphatic heterocycles. The Balaban J connectivity index is 1.69. The number of carbonyl (C=O) groups excluding carboxylic acids is 1. The summed E-state index contributed by atoms with van der Waals surface area (Å²) in [7, 11) is 0. The summed E-state index contributed by atoms with van der Waals surface area (Å²) in [5.41, 5.74) is 0.640. The van der Waals surface area contributed by atoms with Gasteiger partial charge in [-0.2, -0.15) is 5.26 Å². The number of likely N-dealkylation sites (tertiary alicyclic amines) is 1. The minimum absolute atomic E-state index is 0.149. The highest BCUT2D eigenvalue weighted by molar-refractivity contribution is 5.98. The largest absolute Gasteiger partial charge is 0.443 e. The quantitative estimate of drug-likeness (QED) is 0.864. The van der Waals surface area contributed by atoms with E-state index in [1.807, 2.05) is 12.1 Å². The smallest absolute Gasteiger partial charge is 0.256 e. The van der Waals surface area contributed by atoms with Gasteiger partial charge in [0.25, 0.3) is 5.91 Å². The highest BCUT2D eigenvalue weighted by Crippen LogP contribution is 2.25. The number of carbonyl (C=O) groups is 1. The third kappa shape index (κ3) is 3.83. The van der Waals surface area contributed by atoms with Crippen LogP contribution in [0.15, 0.2) is 28.9 Å². The average Bonchev–Trinajstić information content (AvgIpc) is 3.28. The third-order valence-electron chi connectivity index (χ3n) is 4.99. The van der Waals surface area contributed by atoms with Crippen molar-refractivity contribution in [1.82, 2.24) is 14.8 Å². The Labute approximate surface area is 154 Å². The molecule has 6 nitrogen and oxygen atoms in total. The molecule has 0 aromatic carbocycles. The Morgan fingerprint density at radius 3 is 2.65 bits per heavy atom. The Bertz CT molecular complexity index is 778. The molecule has 0 atom stereocenters. The maximum absolute atomic E-state index is 12.8. The molecule has 26 heavy (non-hydrogen) atoms. The number of aromatic nitrogens is 1. The number of furan rings is 1. The van der Waals surface area contributed by atoms with Gasteiger partial charge in [-0.25, -0.2) is 0 Å². The summed E-state index contributed by atoms with van der Waals surface area (Å²) in [6.07, 6.45) is 7.91. The van der Waals surface area contributed by atoms with Crippen LogP contribution in [0.4, 0.5) is 0 Å². The van der Waals surface area contributed by atoms with Crippen LogP contribution in [-0.2, 0) is 0 Å². The van der Waals surface area contributed by atoms with Crippen LogP contribution in [0.3, 0.4) is 0 Å². The predicted molar refractivity (Wildman–Crippen MR) is 99.3 cm³/mol. The first-order valence-corrected chi connectivity index (χ1v) is 9.34. The minimum atomic E-state index is -0.215. The Hall–Kier alpha value is -2.52. The van der Waals surface area contributed by atoms with Gasteiger partial charge in [-0.15, -0.1) is 0 Å². The van der Waals surface area contributed by atoms with Crippen molar-refractivity contribution in [3.05, 3.63) is 41.4 Å². The van der Waals surface area contributed by atoms with E-state index >= 15 is 0 Å². The lowest BCUT2D eigenvalue weighted by atomic mass is 10.0. The SMILES string of the molecule is CCCCN1CCC(NC(=O)c2c(C)oc(-n3cccc3)c2C#N)CC1. The van der Waals surface area contributed by atoms with Crippen molar-refractivity contribution in [2.45, 2.75) is 45.6 Å². The van der Waals surface area contributed by atoms with Crippen molar-refractivity contribution in [2.75, 3.05) is 19.6 Å². The van der Waals surface area contributed by atoms with E-state index in [2.05, 4.69) is 23.2 Å². The highest BCUT2D eigenvalue weighted by Gasteiger charge is 2.27. The first kappa shape index (κ1) is 18.3. The van der Waals surface area contributed by atoms with E-state index in [4.69, 9.17) is 4.42 Å². The number of rotatable bonds is 6. The fourth-order valence-corrected chi connectivity index (χ4v) is 3.50. The number of aryl methyl sites for hydroxylation is 1. The van der Waals surface area contributed by atoms with Crippen LogP contribution in [0.2, 0.25) is 0 Å². The van der Waals surface area contributed by atoms with Crippen LogP contribution < -0.4 is 5.32 Å². The molecule has 1 N–H and O–H groups in total. The molecule has 138 valence electrons. The Morgan fingerprint density at radius 2 is 2.04 bits per heavy atom. The highest BCUT2D eigenvalue weighted by atomic mass is 16.4. The molecule has 6 heteroatoms. The number of hydrogen-bond acceptors (Lipinski definition) is 4. The topological polar surface area (TPSA) is 74.2 Å². The van der Waals surface area contributed by atoms with Crippen LogP contribution in [0, 0.1) is 18.3 Å². The summed E-state index contributed by atoms with van der Waals surface area (Å²) in [4.78, 5) is 15.3. The number of hydrogen-bond donors (Lipinski definition) is 1. The number of nitrogens with zero attached hydrogens (tertiary/aromatic N) is 3. The van der Waals surface area contributed by atoms with Gasteiger partial charge in [-0.1, -0.05) is 13.3 Å². The summed E-state index contributed by atoms with van der Waals surface area (Å²) in [6, 6.07) is 5.99. The zero-order chi connectivity index (χ0) is 18.5. The molecule has 0 saturated carbocycles. The van der Waals surface area contributed by atoms with Crippen molar-refractivity contribution in [3.8, 4) is 12.0 Å². The lowest BCUT2D eigenvalue weighted by Gasteiger charge is -2.32. The summed E-state index contributed by atoms with van der Waals surface area (Å²) >= 11 is 0. The van der Waals surface area contributed by atoms with Gasteiger partial charge in [0, 0.05) is 31.5 Å². The number of amides is 1. The third-order valence-corrected chi connectivity index (χ3v) is 4.99. The molecule has 1 amide bonds. The summed E-state index contributed by atoms with van der Waals surface area (Å²) in [5, 5.41) is 12.7. The van der Waals surface area contributed by atoms with E-state index in [1.54, 1.807) is 23.9 Å². The van der Waals surface area contributed by atoms with Gasteiger partial charge in [-0.3, -0.25) is 9.36 Å². The number of piperidine rings is 1. The van der Waals surface area contributed by atoms with E-state index in [9.17, 15) is 10.1 Å². The monoisotopic (exact) mass is 354 g/mol. The first-order valence-electron chi connectivity index (χ1n) is 9.34. The first-order chi connectivity index (χ1) is 12.6. The summed E-state index contributed by atoms with van der Waals surface area (Å²) in [6.45, 7) is 7.09. The number of nitrogens with one attached hydrogen (secondary N) is 1. The zero-order valence-electron chi connectivity index (χ0n) is 15.5. The normalized spacial score (nSPS) is 15.7. The molecule has 2 aromatic rings. The summed E-state index contributed by atoms with van der Waals surface area (Å²) in [5.74, 6) is 0.658. The fourth-order valence-electron chi connectivity index (χ4n) is 3.50. The van der Waals surface area contributed by atoms with Gasteiger partial charge >= 0.3 is 0 Å². The lowest BCUT2D eigenvalue weighted by molar-refractivity contribution is 0.0909. The van der Waals surface area contributed by atoms with Crippen LogP contribution in [0.1, 0.15) is 54.3 Å². The molecule has 3 heterocycles. The number of unbranched alkanes of at least 4 members (excludes halogenated alkanes) is 1. The van der Waals surface area contributed by atoms with Crippen molar-refractivity contribution in [1.29, 1.82) is 5.26 Å². The Kier molecular flexibility index (Phi) is 5.79. The standard InChI is InChI=1S/C20H26N4O2/c1-3-4-9-23-12-7-16(8-13-23)22-19(25)18-15(2)26-20(17(18)14-21)24-10-5-6-11-24/h5-6,10-11,16H,3-4,7-9,12-13H2,1-2H3,(H,22,25). The average molecular weight is 354 g/mol. The van der Waals surface area contributed by atoms with Gasteiger partial charge in [0.1, 0.15) is 23.0 Å². The van der Waals surface area contributed by atoms with Crippen LogP contribution in [-0.4, -0.2) is 41.1 Å². The Morgan fingerprint density at radius 1 is 1.35 bits per heavy atom. The van der Waals surface area contributed by atoms with E-state index in [1.165, 1.54) is 12.8 Å². The molecule has 1 fully saturated rings. The second kappa shape index (κ2) is 8.24. The van der Waals surface area contributed by atoms with Gasteiger partial charge < -0.3 is 14.6 Å². The van der Waals surface area contributed by atoms with Crippen molar-refractivity contribution < 1.29 is 9.21 Å². The fraction of sp³-hybridized carbons (Fsp3) is 0.500. The minimum Gasteiger partial charge on any atom is -0.443 e. The van der Waals surface area contributed by atoms with Crippen molar-refractivity contribution >= 4 is 5.91 Å². The van der Waals surface area contributed by atoms with Crippen LogP contribution >= 0.6 is 0 Å². The molecular weight excluding hydrogens is 328 g/mol. The van der Waals surface area contributed by atoms with Crippen molar-refractivity contribution in [3.63, 3.8) is 0 Å². The van der Waals surface area contributed by atoms with E-state index in [0.29, 0.717) is 17.2 Å². The van der Waals surface area contributed by atoms with Gasteiger partial charge in [-0.05, 0) is 44.9 Å². The molecule has 0 radical (unpaired) electrons. The second-order valence-electron chi connectivity index (χ2n) is 6.86. The maximum Gasteiger partial charge on any atom is 0.256 e. The van der Waals surface area contributed by atoms with Gasteiger partial charge in [0.15, 0.2) is 0 Å². The molecular formula is C20H26N4O2. The lowest BCUT2D eigenvalue weighted by Crippen LogP contribution is -2.45. The summed E-state index contributed by atoms with van der Waals surface area (Å²) < 4.78 is 7.44. The van der Waals surface area contributed by atoms with Crippen molar-refractivity contribution in [2.24, 2.45) is 0 Å². The number of nitriles is 1. The van der Waals surface area contributed by atoms with Crippen LogP contribution in [0.5, 0.6) is 0 Å². The molecule has 3 rings (SSSR count). The van der Waals surface area contributed by atoms with E-state index in [0.717, 1.165) is 32.5 Å². The van der Waals surface area contributed by atoms with E-state index in [-0.39, 0.29) is 17.5 Å². The molecule has 0 unspecified atom stereocenters. The molecule has 1 aliphatic rings. The molecule has 2 aromatic heterocycles. The molecule has 0 spiro atoms.